The second-order valence-corrected chi connectivity index (χ2v) is 3.48. The summed E-state index contributed by atoms with van der Waals surface area (Å²) in [7, 11) is 0. The van der Waals surface area contributed by atoms with Crippen molar-refractivity contribution in [3.8, 4) is 11.3 Å². The average Bonchev–Trinajstić information content (AvgIpc) is 2.84. The van der Waals surface area contributed by atoms with Crippen LogP contribution in [-0.4, -0.2) is 16.1 Å². The number of benzene rings is 1. The minimum absolute atomic E-state index is 0.334. The van der Waals surface area contributed by atoms with E-state index < -0.39 is 46.3 Å². The molecule has 100 valence electrons. The first-order valence-electron chi connectivity index (χ1n) is 4.71. The van der Waals surface area contributed by atoms with E-state index >= 15 is 0 Å². The van der Waals surface area contributed by atoms with Gasteiger partial charge in [0.05, 0.1) is 11.3 Å². The Labute approximate surface area is 102 Å². The number of carbonyl (C=O) groups is 1. The second-order valence-electron chi connectivity index (χ2n) is 3.48. The Morgan fingerprint density at radius 3 is 1.89 bits per heavy atom. The molecule has 0 saturated heterocycles. The van der Waals surface area contributed by atoms with Crippen LogP contribution in [0.5, 0.6) is 0 Å². The van der Waals surface area contributed by atoms with Gasteiger partial charge in [0.1, 0.15) is 5.69 Å². The summed E-state index contributed by atoms with van der Waals surface area (Å²) in [4.78, 5) is 10.8. The summed E-state index contributed by atoms with van der Waals surface area (Å²) in [5, 5.41) is 5.29. The van der Waals surface area contributed by atoms with Gasteiger partial charge in [-0.25, -0.2) is 22.0 Å². The third-order valence-electron chi connectivity index (χ3n) is 2.31. The molecule has 0 aliphatic heterocycles. The summed E-state index contributed by atoms with van der Waals surface area (Å²) in [5.41, 5.74) is 2.67. The van der Waals surface area contributed by atoms with Crippen molar-refractivity contribution in [2.45, 2.75) is 0 Å². The van der Waals surface area contributed by atoms with Crippen molar-refractivity contribution >= 4 is 5.91 Å². The van der Waals surface area contributed by atoms with E-state index in [1.807, 2.05) is 5.10 Å². The maximum Gasteiger partial charge on any atom is 0.266 e. The molecule has 0 spiro atoms. The van der Waals surface area contributed by atoms with E-state index in [1.165, 1.54) is 0 Å². The van der Waals surface area contributed by atoms with Crippen LogP contribution in [0.3, 0.4) is 0 Å². The van der Waals surface area contributed by atoms with Crippen LogP contribution in [0.2, 0.25) is 0 Å². The molecule has 19 heavy (non-hydrogen) atoms. The van der Waals surface area contributed by atoms with E-state index in [2.05, 4.69) is 5.10 Å². The maximum atomic E-state index is 13.4. The number of carbonyl (C=O) groups excluding carboxylic acids is 1. The van der Waals surface area contributed by atoms with Crippen molar-refractivity contribution in [2.75, 3.05) is 0 Å². The van der Waals surface area contributed by atoms with Gasteiger partial charge in [0.2, 0.25) is 5.82 Å². The molecule has 9 heteroatoms. The van der Waals surface area contributed by atoms with Crippen molar-refractivity contribution in [3.05, 3.63) is 40.8 Å². The molecule has 0 saturated carbocycles. The van der Waals surface area contributed by atoms with Crippen LogP contribution < -0.4 is 5.73 Å². The van der Waals surface area contributed by atoms with E-state index in [9.17, 15) is 26.7 Å². The molecule has 2 rings (SSSR count). The molecule has 0 fully saturated rings. The number of nitrogens with two attached hydrogens (primary N) is 1. The summed E-state index contributed by atoms with van der Waals surface area (Å²) in [6.07, 6.45) is 0. The summed E-state index contributed by atoms with van der Waals surface area (Å²) >= 11 is 0. The highest BCUT2D eigenvalue weighted by molar-refractivity contribution is 5.91. The molecule has 4 nitrogen and oxygen atoms in total. The van der Waals surface area contributed by atoms with Crippen LogP contribution in [0, 0.1) is 29.1 Å². The van der Waals surface area contributed by atoms with Gasteiger partial charge >= 0.3 is 0 Å². The first-order valence-corrected chi connectivity index (χ1v) is 4.71. The molecule has 1 amide bonds. The summed E-state index contributed by atoms with van der Waals surface area (Å²) in [6.45, 7) is 0. The lowest BCUT2D eigenvalue weighted by atomic mass is 10.1. The molecular weight excluding hydrogens is 273 g/mol. The van der Waals surface area contributed by atoms with Crippen molar-refractivity contribution in [3.63, 3.8) is 0 Å². The van der Waals surface area contributed by atoms with Crippen LogP contribution in [0.15, 0.2) is 6.07 Å². The van der Waals surface area contributed by atoms with Gasteiger partial charge in [-0.1, -0.05) is 0 Å². The van der Waals surface area contributed by atoms with Gasteiger partial charge in [-0.05, 0) is 6.07 Å². The third kappa shape index (κ3) is 1.92. The lowest BCUT2D eigenvalue weighted by Crippen LogP contribution is -2.11. The zero-order valence-electron chi connectivity index (χ0n) is 8.90. The van der Waals surface area contributed by atoms with Crippen LogP contribution in [-0.2, 0) is 0 Å². The van der Waals surface area contributed by atoms with Gasteiger partial charge in [0, 0.05) is 0 Å². The zero-order chi connectivity index (χ0) is 14.3. The van der Waals surface area contributed by atoms with Crippen LogP contribution in [0.4, 0.5) is 22.0 Å². The number of rotatable bonds is 2. The highest BCUT2D eigenvalue weighted by Crippen LogP contribution is 2.30. The molecule has 0 aliphatic rings. The van der Waals surface area contributed by atoms with E-state index in [4.69, 9.17) is 5.73 Å². The predicted octanol–water partition coefficient (Wildman–Crippen LogP) is 1.87. The van der Waals surface area contributed by atoms with E-state index in [0.29, 0.717) is 0 Å². The molecule has 1 heterocycles. The molecular formula is C10H4F5N3O. The fourth-order valence-electron chi connectivity index (χ4n) is 1.41. The Hall–Kier alpha value is -2.45. The first kappa shape index (κ1) is 13.0. The number of nitrogens with one attached hydrogen (secondary N) is 1. The van der Waals surface area contributed by atoms with Crippen LogP contribution in [0.1, 0.15) is 10.5 Å². The van der Waals surface area contributed by atoms with Crippen molar-refractivity contribution in [2.24, 2.45) is 5.73 Å². The molecule has 3 N–H and O–H groups in total. The number of nitrogens with zero attached hydrogens (tertiary/aromatic N) is 1. The molecule has 0 radical (unpaired) electrons. The van der Waals surface area contributed by atoms with Crippen LogP contribution >= 0.6 is 0 Å². The zero-order valence-corrected chi connectivity index (χ0v) is 8.90. The molecule has 0 atom stereocenters. The Morgan fingerprint density at radius 2 is 1.47 bits per heavy atom. The average molecular weight is 277 g/mol. The quantitative estimate of drug-likeness (QED) is 0.499. The summed E-state index contributed by atoms with van der Waals surface area (Å²) in [5.74, 6) is -11.6. The minimum atomic E-state index is -2.27. The van der Waals surface area contributed by atoms with E-state index in [0.717, 1.165) is 6.07 Å². The number of H-pyrrole nitrogens is 1. The van der Waals surface area contributed by atoms with Gasteiger partial charge in [0.15, 0.2) is 23.3 Å². The predicted molar refractivity (Wildman–Crippen MR) is 52.3 cm³/mol. The van der Waals surface area contributed by atoms with Crippen molar-refractivity contribution in [1.82, 2.24) is 10.2 Å². The van der Waals surface area contributed by atoms with Gasteiger partial charge in [-0.2, -0.15) is 5.10 Å². The molecule has 0 aliphatic carbocycles. The second kappa shape index (κ2) is 4.34. The van der Waals surface area contributed by atoms with Gasteiger partial charge in [0.25, 0.3) is 5.91 Å². The molecule has 2 aromatic rings. The number of halogens is 5. The van der Waals surface area contributed by atoms with E-state index in [-0.39, 0.29) is 5.69 Å². The fraction of sp³-hybridized carbons (Fsp3) is 0. The Balaban J connectivity index is 2.71. The minimum Gasteiger partial charge on any atom is -0.364 e. The molecule has 0 unspecified atom stereocenters. The Bertz CT molecular complexity index is 653. The largest absolute Gasteiger partial charge is 0.364 e. The smallest absolute Gasteiger partial charge is 0.266 e. The summed E-state index contributed by atoms with van der Waals surface area (Å²) in [6, 6.07) is 0.778. The fourth-order valence-corrected chi connectivity index (χ4v) is 1.41. The first-order chi connectivity index (χ1) is 8.84. The molecule has 1 aromatic heterocycles. The topological polar surface area (TPSA) is 71.8 Å². The SMILES string of the molecule is NC(=O)c1cc(-c2c(F)c(F)c(F)c(F)c2F)n[nH]1. The normalized spacial score (nSPS) is 10.8. The maximum absolute atomic E-state index is 13.4. The third-order valence-corrected chi connectivity index (χ3v) is 2.31. The standard InChI is InChI=1S/C10H4F5N3O/c11-5-4(2-1-3(10(16)19)18-17-2)6(12)8(14)9(15)7(5)13/h1H,(H2,16,19)(H,17,18). The number of hydrogen-bond acceptors (Lipinski definition) is 2. The number of aromatic amines is 1. The number of hydrogen-bond donors (Lipinski definition) is 2. The van der Waals surface area contributed by atoms with Gasteiger partial charge in [-0.15, -0.1) is 0 Å². The lowest BCUT2D eigenvalue weighted by molar-refractivity contribution is 0.0995. The molecule has 0 bridgehead atoms. The van der Waals surface area contributed by atoms with Gasteiger partial charge < -0.3 is 5.73 Å². The van der Waals surface area contributed by atoms with Crippen LogP contribution in [0.25, 0.3) is 11.3 Å². The Kier molecular flexibility index (Phi) is 2.97. The number of aromatic nitrogens is 2. The highest BCUT2D eigenvalue weighted by Gasteiger charge is 2.28. The van der Waals surface area contributed by atoms with E-state index in [1.54, 1.807) is 0 Å². The van der Waals surface area contributed by atoms with Gasteiger partial charge in [-0.3, -0.25) is 9.89 Å². The monoisotopic (exact) mass is 277 g/mol. The lowest BCUT2D eigenvalue weighted by Gasteiger charge is -2.05. The Morgan fingerprint density at radius 1 is 1.00 bits per heavy atom. The highest BCUT2D eigenvalue weighted by atomic mass is 19.2. The summed E-state index contributed by atoms with van der Waals surface area (Å²) < 4.78 is 65.6. The number of primary amides is 1. The molecule has 1 aromatic carbocycles. The number of amides is 1. The van der Waals surface area contributed by atoms with Crippen molar-refractivity contribution < 1.29 is 26.7 Å². The van der Waals surface area contributed by atoms with Crippen molar-refractivity contribution in [1.29, 1.82) is 0 Å².